The number of halogens is 1. The molecule has 1 aliphatic carbocycles. The van der Waals surface area contributed by atoms with Crippen molar-refractivity contribution in [3.63, 3.8) is 0 Å². The average molecular weight is 296 g/mol. The lowest BCUT2D eigenvalue weighted by Crippen LogP contribution is -2.44. The molecule has 0 bridgehead atoms. The molecule has 1 aliphatic rings. The second kappa shape index (κ2) is 6.59. The van der Waals surface area contributed by atoms with Crippen LogP contribution in [0.2, 0.25) is 5.02 Å². The van der Waals surface area contributed by atoms with E-state index in [-0.39, 0.29) is 18.0 Å². The van der Waals surface area contributed by atoms with Crippen LogP contribution < -0.4 is 0 Å². The summed E-state index contributed by atoms with van der Waals surface area (Å²) in [5.41, 5.74) is 1.13. The molecule has 0 aliphatic heterocycles. The van der Waals surface area contributed by atoms with Gasteiger partial charge in [0.05, 0.1) is 5.92 Å². The SMILES string of the molecule is CC(c1cccc(Cl)c1)N(C)C1CCCCC1C(=O)O. The van der Waals surface area contributed by atoms with Gasteiger partial charge in [0, 0.05) is 17.1 Å². The quantitative estimate of drug-likeness (QED) is 0.913. The first-order chi connectivity index (χ1) is 9.50. The Labute approximate surface area is 125 Å². The van der Waals surface area contributed by atoms with E-state index in [2.05, 4.69) is 11.8 Å². The summed E-state index contributed by atoms with van der Waals surface area (Å²) >= 11 is 6.05. The third-order valence-electron chi connectivity index (χ3n) is 4.51. The van der Waals surface area contributed by atoms with E-state index in [0.29, 0.717) is 0 Å². The number of carbonyl (C=O) groups is 1. The summed E-state index contributed by atoms with van der Waals surface area (Å²) in [6.07, 6.45) is 3.87. The Hall–Kier alpha value is -1.06. The van der Waals surface area contributed by atoms with Crippen molar-refractivity contribution in [1.82, 2.24) is 4.90 Å². The van der Waals surface area contributed by atoms with Crippen LogP contribution >= 0.6 is 11.6 Å². The van der Waals surface area contributed by atoms with Gasteiger partial charge in [-0.15, -0.1) is 0 Å². The fourth-order valence-corrected chi connectivity index (χ4v) is 3.37. The predicted molar refractivity (Wildman–Crippen MR) is 81.0 cm³/mol. The summed E-state index contributed by atoms with van der Waals surface area (Å²) in [6, 6.07) is 8.08. The number of aliphatic carboxylic acids is 1. The number of rotatable bonds is 4. The van der Waals surface area contributed by atoms with Crippen LogP contribution in [0.5, 0.6) is 0 Å². The summed E-state index contributed by atoms with van der Waals surface area (Å²) in [6.45, 7) is 2.11. The molecule has 0 spiro atoms. The molecule has 20 heavy (non-hydrogen) atoms. The Bertz CT molecular complexity index is 477. The molecule has 3 unspecified atom stereocenters. The lowest BCUT2D eigenvalue weighted by molar-refractivity contribution is -0.145. The standard InChI is InChI=1S/C16H22ClNO2/c1-11(12-6-5-7-13(17)10-12)18(2)15-9-4-3-8-14(15)16(19)20/h5-7,10-11,14-15H,3-4,8-9H2,1-2H3,(H,19,20). The molecule has 0 radical (unpaired) electrons. The third-order valence-corrected chi connectivity index (χ3v) is 4.75. The zero-order chi connectivity index (χ0) is 14.7. The van der Waals surface area contributed by atoms with Crippen molar-refractivity contribution >= 4 is 17.6 Å². The van der Waals surface area contributed by atoms with E-state index in [1.54, 1.807) is 0 Å². The number of hydrogen-bond acceptors (Lipinski definition) is 2. The molecule has 1 saturated carbocycles. The van der Waals surface area contributed by atoms with Crippen LogP contribution in [0.15, 0.2) is 24.3 Å². The van der Waals surface area contributed by atoms with Crippen LogP contribution in [0.4, 0.5) is 0 Å². The predicted octanol–water partition coefficient (Wildman–Crippen LogP) is 3.98. The number of benzene rings is 1. The van der Waals surface area contributed by atoms with Gasteiger partial charge in [0.15, 0.2) is 0 Å². The van der Waals surface area contributed by atoms with Gasteiger partial charge in [0.1, 0.15) is 0 Å². The minimum Gasteiger partial charge on any atom is -0.481 e. The summed E-state index contributed by atoms with van der Waals surface area (Å²) in [4.78, 5) is 13.6. The van der Waals surface area contributed by atoms with Crippen molar-refractivity contribution < 1.29 is 9.90 Å². The molecule has 4 heteroatoms. The number of hydrogen-bond donors (Lipinski definition) is 1. The molecule has 2 rings (SSSR count). The molecule has 0 aromatic heterocycles. The summed E-state index contributed by atoms with van der Waals surface area (Å²) in [5.74, 6) is -0.921. The van der Waals surface area contributed by atoms with E-state index >= 15 is 0 Å². The second-order valence-corrected chi connectivity index (χ2v) is 6.13. The van der Waals surface area contributed by atoms with Gasteiger partial charge >= 0.3 is 5.97 Å². The van der Waals surface area contributed by atoms with Crippen LogP contribution in [-0.4, -0.2) is 29.1 Å². The maximum Gasteiger partial charge on any atom is 0.308 e. The number of carboxylic acid groups (broad SMARTS) is 1. The first kappa shape index (κ1) is 15.3. The van der Waals surface area contributed by atoms with E-state index in [1.807, 2.05) is 31.3 Å². The molecule has 3 atom stereocenters. The van der Waals surface area contributed by atoms with Gasteiger partial charge in [0.25, 0.3) is 0 Å². The van der Waals surface area contributed by atoms with Gasteiger partial charge in [-0.25, -0.2) is 0 Å². The monoisotopic (exact) mass is 295 g/mol. The Morgan fingerprint density at radius 2 is 2.10 bits per heavy atom. The van der Waals surface area contributed by atoms with Crippen molar-refractivity contribution in [1.29, 1.82) is 0 Å². The van der Waals surface area contributed by atoms with Gasteiger partial charge < -0.3 is 5.11 Å². The minimum absolute atomic E-state index is 0.107. The van der Waals surface area contributed by atoms with Gasteiger partial charge in [0.2, 0.25) is 0 Å². The van der Waals surface area contributed by atoms with E-state index in [0.717, 1.165) is 36.3 Å². The maximum absolute atomic E-state index is 11.4. The van der Waals surface area contributed by atoms with Crippen molar-refractivity contribution in [3.05, 3.63) is 34.9 Å². The number of nitrogens with zero attached hydrogens (tertiary/aromatic N) is 1. The van der Waals surface area contributed by atoms with E-state index < -0.39 is 5.97 Å². The Balaban J connectivity index is 2.16. The van der Waals surface area contributed by atoms with Crippen LogP contribution in [-0.2, 0) is 4.79 Å². The largest absolute Gasteiger partial charge is 0.481 e. The van der Waals surface area contributed by atoms with Crippen molar-refractivity contribution in [2.24, 2.45) is 5.92 Å². The zero-order valence-electron chi connectivity index (χ0n) is 12.1. The van der Waals surface area contributed by atoms with Gasteiger partial charge in [-0.1, -0.05) is 36.6 Å². The summed E-state index contributed by atoms with van der Waals surface area (Å²) in [7, 11) is 2.03. The van der Waals surface area contributed by atoms with E-state index in [1.165, 1.54) is 0 Å². The number of carboxylic acids is 1. The van der Waals surface area contributed by atoms with Crippen molar-refractivity contribution in [2.45, 2.75) is 44.7 Å². The molecule has 110 valence electrons. The molecule has 1 aromatic rings. The van der Waals surface area contributed by atoms with Crippen molar-refractivity contribution in [2.75, 3.05) is 7.05 Å². The molecule has 1 N–H and O–H groups in total. The highest BCUT2D eigenvalue weighted by Crippen LogP contribution is 2.33. The second-order valence-electron chi connectivity index (χ2n) is 5.69. The minimum atomic E-state index is -0.667. The first-order valence-corrected chi connectivity index (χ1v) is 7.58. The highest BCUT2D eigenvalue weighted by molar-refractivity contribution is 6.30. The highest BCUT2D eigenvalue weighted by Gasteiger charge is 2.35. The average Bonchev–Trinajstić information content (AvgIpc) is 2.45. The van der Waals surface area contributed by atoms with Gasteiger partial charge in [-0.2, -0.15) is 0 Å². The fraction of sp³-hybridized carbons (Fsp3) is 0.562. The Kier molecular flexibility index (Phi) is 5.06. The molecule has 3 nitrogen and oxygen atoms in total. The topological polar surface area (TPSA) is 40.5 Å². The summed E-state index contributed by atoms with van der Waals surface area (Å²) in [5, 5.41) is 10.1. The first-order valence-electron chi connectivity index (χ1n) is 7.21. The molecular formula is C16H22ClNO2. The van der Waals surface area contributed by atoms with E-state index in [9.17, 15) is 9.90 Å². The van der Waals surface area contributed by atoms with Crippen LogP contribution in [0, 0.1) is 5.92 Å². The smallest absolute Gasteiger partial charge is 0.308 e. The molecule has 0 heterocycles. The molecule has 1 fully saturated rings. The van der Waals surface area contributed by atoms with Gasteiger partial charge in [-0.3, -0.25) is 9.69 Å². The highest BCUT2D eigenvalue weighted by atomic mass is 35.5. The van der Waals surface area contributed by atoms with Crippen LogP contribution in [0.25, 0.3) is 0 Å². The van der Waals surface area contributed by atoms with Crippen LogP contribution in [0.3, 0.4) is 0 Å². The fourth-order valence-electron chi connectivity index (χ4n) is 3.18. The Morgan fingerprint density at radius 3 is 2.75 bits per heavy atom. The normalized spacial score (nSPS) is 24.6. The third kappa shape index (κ3) is 3.33. The van der Waals surface area contributed by atoms with E-state index in [4.69, 9.17) is 11.6 Å². The molecule has 1 aromatic carbocycles. The maximum atomic E-state index is 11.4. The molecule has 0 saturated heterocycles. The lowest BCUT2D eigenvalue weighted by Gasteiger charge is -2.39. The molecular weight excluding hydrogens is 274 g/mol. The lowest BCUT2D eigenvalue weighted by atomic mass is 9.83. The van der Waals surface area contributed by atoms with Gasteiger partial charge in [-0.05, 0) is 44.5 Å². The van der Waals surface area contributed by atoms with Crippen molar-refractivity contribution in [3.8, 4) is 0 Å². The summed E-state index contributed by atoms with van der Waals surface area (Å²) < 4.78 is 0. The van der Waals surface area contributed by atoms with Crippen LogP contribution in [0.1, 0.15) is 44.2 Å². The Morgan fingerprint density at radius 1 is 1.40 bits per heavy atom. The zero-order valence-corrected chi connectivity index (χ0v) is 12.8. The molecule has 0 amide bonds.